The number of sulfone groups is 1. The minimum atomic E-state index is -3.52. The molecule has 0 aliphatic rings. The Morgan fingerprint density at radius 1 is 1.14 bits per heavy atom. The van der Waals surface area contributed by atoms with Crippen molar-refractivity contribution < 1.29 is 12.8 Å². The smallest absolute Gasteiger partial charge is 0.212 e. The van der Waals surface area contributed by atoms with E-state index in [2.05, 4.69) is 4.98 Å². The van der Waals surface area contributed by atoms with Gasteiger partial charge < -0.3 is 4.42 Å². The molecule has 22 heavy (non-hydrogen) atoms. The second kappa shape index (κ2) is 5.54. The molecule has 0 bridgehead atoms. The molecular weight excluding hydrogens is 298 g/mol. The number of benzene rings is 1. The van der Waals surface area contributed by atoms with E-state index in [0.717, 1.165) is 11.1 Å². The maximum Gasteiger partial charge on any atom is 0.212 e. The molecule has 1 aromatic heterocycles. The van der Waals surface area contributed by atoms with Gasteiger partial charge in [-0.05, 0) is 44.0 Å². The maximum absolute atomic E-state index is 12.8. The Morgan fingerprint density at radius 2 is 1.77 bits per heavy atom. The maximum atomic E-state index is 12.8. The van der Waals surface area contributed by atoms with Crippen LogP contribution < -0.4 is 0 Å². The Morgan fingerprint density at radius 3 is 2.27 bits per heavy atom. The summed E-state index contributed by atoms with van der Waals surface area (Å²) < 4.78 is 31.2. The lowest BCUT2D eigenvalue weighted by Gasteiger charge is -2.14. The van der Waals surface area contributed by atoms with Gasteiger partial charge in [0.1, 0.15) is 11.0 Å². The second-order valence-corrected chi connectivity index (χ2v) is 9.01. The van der Waals surface area contributed by atoms with E-state index in [0.29, 0.717) is 10.7 Å². The van der Waals surface area contributed by atoms with Gasteiger partial charge in [0.2, 0.25) is 5.89 Å². The van der Waals surface area contributed by atoms with Gasteiger partial charge in [-0.15, -0.1) is 0 Å². The number of hydrogen-bond acceptors (Lipinski definition) is 4. The molecule has 5 heteroatoms. The van der Waals surface area contributed by atoms with Gasteiger partial charge in [-0.1, -0.05) is 26.8 Å². The summed E-state index contributed by atoms with van der Waals surface area (Å²) in [5.74, 6) is 0.924. The summed E-state index contributed by atoms with van der Waals surface area (Å²) in [6.45, 7) is 11.5. The third-order valence-corrected chi connectivity index (χ3v) is 5.93. The number of oxazole rings is 1. The van der Waals surface area contributed by atoms with Gasteiger partial charge in [-0.2, -0.15) is 0 Å². The van der Waals surface area contributed by atoms with Gasteiger partial charge in [0.25, 0.3) is 0 Å². The standard InChI is InChI=1S/C17H23NO3S/c1-11-7-8-14(9-12(11)2)22(19,20)13(3)16-18-10-15(21-16)17(4,5)6/h7-10,13H,1-6H3. The van der Waals surface area contributed by atoms with Crippen molar-refractivity contribution in [1.82, 2.24) is 4.98 Å². The molecular formula is C17H23NO3S. The van der Waals surface area contributed by atoms with Crippen molar-refractivity contribution in [2.24, 2.45) is 0 Å². The van der Waals surface area contributed by atoms with Crippen LogP contribution in [0.3, 0.4) is 0 Å². The quantitative estimate of drug-likeness (QED) is 0.853. The lowest BCUT2D eigenvalue weighted by molar-refractivity contribution is 0.380. The zero-order valence-corrected chi connectivity index (χ0v) is 14.8. The van der Waals surface area contributed by atoms with Crippen LogP contribution in [0.1, 0.15) is 55.7 Å². The van der Waals surface area contributed by atoms with Crippen LogP contribution in [0.5, 0.6) is 0 Å². The fourth-order valence-electron chi connectivity index (χ4n) is 2.05. The highest BCUT2D eigenvalue weighted by Crippen LogP contribution is 2.31. The molecule has 0 aliphatic heterocycles. The molecule has 0 saturated heterocycles. The fourth-order valence-corrected chi connectivity index (χ4v) is 3.43. The van der Waals surface area contributed by atoms with Gasteiger partial charge in [0, 0.05) is 5.41 Å². The van der Waals surface area contributed by atoms with Crippen LogP contribution in [-0.4, -0.2) is 13.4 Å². The lowest BCUT2D eigenvalue weighted by Crippen LogP contribution is -2.12. The molecule has 1 atom stereocenters. The molecule has 0 amide bonds. The Bertz CT molecular complexity index is 782. The number of nitrogens with zero attached hydrogens (tertiary/aromatic N) is 1. The summed E-state index contributed by atoms with van der Waals surface area (Å²) in [6, 6.07) is 5.17. The number of aryl methyl sites for hydroxylation is 2. The lowest BCUT2D eigenvalue weighted by atomic mass is 9.94. The van der Waals surface area contributed by atoms with Crippen LogP contribution in [-0.2, 0) is 15.3 Å². The zero-order chi connectivity index (χ0) is 16.7. The van der Waals surface area contributed by atoms with E-state index in [9.17, 15) is 8.42 Å². The van der Waals surface area contributed by atoms with Crippen molar-refractivity contribution in [3.05, 3.63) is 47.2 Å². The summed E-state index contributed by atoms with van der Waals surface area (Å²) in [6.07, 6.45) is 1.61. The highest BCUT2D eigenvalue weighted by molar-refractivity contribution is 7.91. The normalized spacial score (nSPS) is 14.1. The van der Waals surface area contributed by atoms with Crippen LogP contribution in [0.4, 0.5) is 0 Å². The van der Waals surface area contributed by atoms with Crippen molar-refractivity contribution in [2.75, 3.05) is 0 Å². The number of hydrogen-bond donors (Lipinski definition) is 0. The monoisotopic (exact) mass is 321 g/mol. The van der Waals surface area contributed by atoms with Crippen molar-refractivity contribution >= 4 is 9.84 Å². The summed E-state index contributed by atoms with van der Waals surface area (Å²) in [5.41, 5.74) is 1.82. The first-order valence-corrected chi connectivity index (χ1v) is 8.85. The average Bonchev–Trinajstić information content (AvgIpc) is 2.90. The summed E-state index contributed by atoms with van der Waals surface area (Å²) in [4.78, 5) is 4.47. The Hall–Kier alpha value is -1.62. The minimum Gasteiger partial charge on any atom is -0.444 e. The first kappa shape index (κ1) is 16.7. The summed E-state index contributed by atoms with van der Waals surface area (Å²) >= 11 is 0. The third-order valence-electron chi connectivity index (χ3n) is 3.88. The predicted octanol–water partition coefficient (Wildman–Crippen LogP) is 4.12. The molecule has 0 radical (unpaired) electrons. The molecule has 1 aromatic carbocycles. The van der Waals surface area contributed by atoms with E-state index in [1.807, 2.05) is 40.7 Å². The predicted molar refractivity (Wildman–Crippen MR) is 86.7 cm³/mol. The van der Waals surface area contributed by atoms with Crippen LogP contribution in [0.2, 0.25) is 0 Å². The first-order valence-electron chi connectivity index (χ1n) is 7.31. The second-order valence-electron chi connectivity index (χ2n) is 6.75. The molecule has 0 saturated carbocycles. The summed E-state index contributed by atoms with van der Waals surface area (Å²) in [5, 5.41) is -0.814. The molecule has 120 valence electrons. The SMILES string of the molecule is Cc1ccc(S(=O)(=O)C(C)c2ncc(C(C)(C)C)o2)cc1C. The highest BCUT2D eigenvalue weighted by atomic mass is 32.2. The third kappa shape index (κ3) is 3.09. The first-order chi connectivity index (χ1) is 10.0. The molecule has 0 N–H and O–H groups in total. The zero-order valence-electron chi connectivity index (χ0n) is 14.0. The van der Waals surface area contributed by atoms with Gasteiger partial charge in [-0.25, -0.2) is 13.4 Å². The van der Waals surface area contributed by atoms with E-state index >= 15 is 0 Å². The van der Waals surface area contributed by atoms with Gasteiger partial charge >= 0.3 is 0 Å². The Kier molecular flexibility index (Phi) is 4.22. The number of aromatic nitrogens is 1. The minimum absolute atomic E-state index is 0.199. The Balaban J connectivity index is 2.40. The molecule has 4 nitrogen and oxygen atoms in total. The van der Waals surface area contributed by atoms with E-state index < -0.39 is 15.1 Å². The molecule has 2 rings (SSSR count). The fraction of sp³-hybridized carbons (Fsp3) is 0.471. The van der Waals surface area contributed by atoms with Crippen LogP contribution >= 0.6 is 0 Å². The highest BCUT2D eigenvalue weighted by Gasteiger charge is 2.30. The van der Waals surface area contributed by atoms with Crippen LogP contribution in [0, 0.1) is 13.8 Å². The molecule has 1 unspecified atom stereocenters. The van der Waals surface area contributed by atoms with Crippen molar-refractivity contribution in [3.63, 3.8) is 0 Å². The van der Waals surface area contributed by atoms with Crippen LogP contribution in [0.25, 0.3) is 0 Å². The molecule has 2 aromatic rings. The van der Waals surface area contributed by atoms with E-state index in [1.165, 1.54) is 0 Å². The van der Waals surface area contributed by atoms with E-state index in [4.69, 9.17) is 4.42 Å². The van der Waals surface area contributed by atoms with Crippen LogP contribution in [0.15, 0.2) is 33.7 Å². The molecule has 0 fully saturated rings. The van der Waals surface area contributed by atoms with Gasteiger partial charge in [0.15, 0.2) is 9.84 Å². The van der Waals surface area contributed by atoms with E-state index in [-0.39, 0.29) is 11.3 Å². The van der Waals surface area contributed by atoms with Gasteiger partial charge in [0.05, 0.1) is 11.1 Å². The number of rotatable bonds is 3. The van der Waals surface area contributed by atoms with Crippen molar-refractivity contribution in [2.45, 2.75) is 57.1 Å². The Labute approximate surface area is 132 Å². The molecule has 0 aliphatic carbocycles. The van der Waals surface area contributed by atoms with Crippen molar-refractivity contribution in [3.8, 4) is 0 Å². The van der Waals surface area contributed by atoms with Gasteiger partial charge in [-0.3, -0.25) is 0 Å². The summed E-state index contributed by atoms with van der Waals surface area (Å²) in [7, 11) is -3.52. The van der Waals surface area contributed by atoms with Crippen molar-refractivity contribution in [1.29, 1.82) is 0 Å². The molecule has 0 spiro atoms. The average molecular weight is 321 g/mol. The van der Waals surface area contributed by atoms with E-state index in [1.54, 1.807) is 25.3 Å². The topological polar surface area (TPSA) is 60.2 Å². The largest absolute Gasteiger partial charge is 0.444 e. The molecule has 1 heterocycles.